The molecule has 0 aliphatic carbocycles. The third-order valence-electron chi connectivity index (χ3n) is 5.02. The Hall–Kier alpha value is -2.70. The second-order valence-electron chi connectivity index (χ2n) is 7.21. The van der Waals surface area contributed by atoms with Crippen LogP contribution in [0, 0.1) is 6.92 Å². The molecular formula is C23H26N2O3S. The van der Waals surface area contributed by atoms with Crippen molar-refractivity contribution in [3.63, 3.8) is 0 Å². The average Bonchev–Trinajstić information content (AvgIpc) is 2.72. The van der Waals surface area contributed by atoms with Crippen molar-refractivity contribution in [2.24, 2.45) is 0 Å². The molecule has 3 aromatic carbocycles. The quantitative estimate of drug-likeness (QED) is 0.639. The summed E-state index contributed by atoms with van der Waals surface area (Å²) in [7, 11) is -2.34. The lowest BCUT2D eigenvalue weighted by atomic mass is 10.0. The number of nitrogens with one attached hydrogen (secondary N) is 1. The summed E-state index contributed by atoms with van der Waals surface area (Å²) in [5.41, 5.74) is 2.16. The molecule has 0 unspecified atom stereocenters. The molecule has 152 valence electrons. The van der Waals surface area contributed by atoms with Gasteiger partial charge in [0.1, 0.15) is 0 Å². The number of carbonyl (C=O) groups is 1. The number of sulfonamides is 1. The number of fused-ring (bicyclic) bond motifs is 1. The highest BCUT2D eigenvalue weighted by Crippen LogP contribution is 2.22. The van der Waals surface area contributed by atoms with E-state index in [2.05, 4.69) is 5.32 Å². The van der Waals surface area contributed by atoms with E-state index in [0.29, 0.717) is 0 Å². The minimum Gasteiger partial charge on any atom is -0.348 e. The van der Waals surface area contributed by atoms with Crippen molar-refractivity contribution < 1.29 is 13.2 Å². The Morgan fingerprint density at radius 2 is 1.66 bits per heavy atom. The van der Waals surface area contributed by atoms with Gasteiger partial charge in [-0.3, -0.25) is 4.79 Å². The van der Waals surface area contributed by atoms with Gasteiger partial charge >= 0.3 is 0 Å². The zero-order valence-corrected chi connectivity index (χ0v) is 17.7. The van der Waals surface area contributed by atoms with Gasteiger partial charge in [-0.05, 0) is 41.8 Å². The van der Waals surface area contributed by atoms with E-state index < -0.39 is 10.0 Å². The minimum absolute atomic E-state index is 0.153. The Balaban J connectivity index is 1.72. The van der Waals surface area contributed by atoms with Gasteiger partial charge < -0.3 is 5.32 Å². The zero-order valence-electron chi connectivity index (χ0n) is 16.9. The Morgan fingerprint density at radius 3 is 2.31 bits per heavy atom. The van der Waals surface area contributed by atoms with Gasteiger partial charge in [0.2, 0.25) is 15.9 Å². The summed E-state index contributed by atoms with van der Waals surface area (Å²) in [5, 5.41) is 4.75. The van der Waals surface area contributed by atoms with Crippen LogP contribution in [0.3, 0.4) is 0 Å². The van der Waals surface area contributed by atoms with Crippen LogP contribution in [-0.2, 0) is 14.8 Å². The number of likely N-dealkylation sites (N-methyl/N-ethyl adjacent to an activating group) is 1. The van der Waals surface area contributed by atoms with Crippen molar-refractivity contribution in [1.82, 2.24) is 9.62 Å². The van der Waals surface area contributed by atoms with Crippen LogP contribution >= 0.6 is 0 Å². The van der Waals surface area contributed by atoms with Gasteiger partial charge in [-0.25, -0.2) is 8.42 Å². The molecule has 29 heavy (non-hydrogen) atoms. The Kier molecular flexibility index (Phi) is 6.35. The van der Waals surface area contributed by atoms with Gasteiger partial charge in [-0.15, -0.1) is 0 Å². The fourth-order valence-electron chi connectivity index (χ4n) is 3.25. The summed E-state index contributed by atoms with van der Waals surface area (Å²) in [6, 6.07) is 20.4. The molecule has 3 rings (SSSR count). The highest BCUT2D eigenvalue weighted by atomic mass is 32.2. The van der Waals surface area contributed by atoms with Gasteiger partial charge in [0, 0.05) is 7.05 Å². The predicted molar refractivity (Wildman–Crippen MR) is 116 cm³/mol. The summed E-state index contributed by atoms with van der Waals surface area (Å²) in [4.78, 5) is 12.7. The Morgan fingerprint density at radius 1 is 1.00 bits per heavy atom. The van der Waals surface area contributed by atoms with E-state index in [9.17, 15) is 13.2 Å². The van der Waals surface area contributed by atoms with Crippen molar-refractivity contribution in [2.75, 3.05) is 13.6 Å². The summed E-state index contributed by atoms with van der Waals surface area (Å²) in [6.07, 6.45) is 0.718. The fourth-order valence-corrected chi connectivity index (χ4v) is 4.42. The van der Waals surface area contributed by atoms with Crippen molar-refractivity contribution in [2.45, 2.75) is 31.2 Å². The van der Waals surface area contributed by atoms with Crippen LogP contribution in [0.4, 0.5) is 0 Å². The van der Waals surface area contributed by atoms with Crippen LogP contribution in [0.25, 0.3) is 10.8 Å². The monoisotopic (exact) mass is 410 g/mol. The van der Waals surface area contributed by atoms with E-state index in [0.717, 1.165) is 32.6 Å². The maximum atomic E-state index is 12.9. The van der Waals surface area contributed by atoms with E-state index in [1.807, 2.05) is 62.4 Å². The van der Waals surface area contributed by atoms with Crippen LogP contribution in [0.5, 0.6) is 0 Å². The summed E-state index contributed by atoms with van der Waals surface area (Å²) in [5.74, 6) is -0.329. The van der Waals surface area contributed by atoms with E-state index in [4.69, 9.17) is 0 Å². The molecule has 1 atom stereocenters. The van der Waals surface area contributed by atoms with E-state index in [1.165, 1.54) is 7.05 Å². The topological polar surface area (TPSA) is 66.5 Å². The summed E-state index contributed by atoms with van der Waals surface area (Å²) < 4.78 is 26.9. The molecule has 0 radical (unpaired) electrons. The second-order valence-corrected chi connectivity index (χ2v) is 9.25. The van der Waals surface area contributed by atoms with Crippen molar-refractivity contribution in [3.05, 3.63) is 77.9 Å². The first-order chi connectivity index (χ1) is 13.8. The molecule has 0 heterocycles. The largest absolute Gasteiger partial charge is 0.348 e. The van der Waals surface area contributed by atoms with Crippen LogP contribution < -0.4 is 5.32 Å². The molecule has 0 aromatic heterocycles. The number of hydrogen-bond donors (Lipinski definition) is 1. The highest BCUT2D eigenvalue weighted by molar-refractivity contribution is 7.89. The lowest BCUT2D eigenvalue weighted by Crippen LogP contribution is -2.39. The van der Waals surface area contributed by atoms with Crippen LogP contribution in [-0.4, -0.2) is 32.2 Å². The van der Waals surface area contributed by atoms with Gasteiger partial charge in [0.15, 0.2) is 0 Å². The van der Waals surface area contributed by atoms with E-state index >= 15 is 0 Å². The van der Waals surface area contributed by atoms with Crippen LogP contribution in [0.15, 0.2) is 71.6 Å². The first-order valence-electron chi connectivity index (χ1n) is 9.62. The highest BCUT2D eigenvalue weighted by Gasteiger charge is 2.24. The molecule has 0 fully saturated rings. The number of amides is 1. The molecule has 1 N–H and O–H groups in total. The molecule has 1 amide bonds. The summed E-state index contributed by atoms with van der Waals surface area (Å²) in [6.45, 7) is 3.76. The molecule has 0 aliphatic rings. The molecule has 0 aliphatic heterocycles. The average molecular weight is 411 g/mol. The van der Waals surface area contributed by atoms with Crippen LogP contribution in [0.1, 0.15) is 30.5 Å². The number of nitrogens with zero attached hydrogens (tertiary/aromatic N) is 1. The van der Waals surface area contributed by atoms with Gasteiger partial charge in [-0.1, -0.05) is 67.1 Å². The number of hydrogen-bond acceptors (Lipinski definition) is 3. The molecule has 0 spiro atoms. The van der Waals surface area contributed by atoms with Gasteiger partial charge in [0.05, 0.1) is 17.5 Å². The molecule has 6 heteroatoms. The number of benzene rings is 3. The third-order valence-corrected chi connectivity index (χ3v) is 6.82. The standard InChI is InChI=1S/C23H26N2O3S/c1-4-22(19-11-9-17(2)10-12-19)24-23(26)16-25(3)29(27,28)21-14-13-18-7-5-6-8-20(18)15-21/h5-15,22H,4,16H2,1-3H3,(H,24,26)/t22-/m0/s1. The Bertz CT molecular complexity index is 1110. The summed E-state index contributed by atoms with van der Waals surface area (Å²) >= 11 is 0. The number of rotatable bonds is 7. The van der Waals surface area contributed by atoms with Crippen molar-refractivity contribution in [1.29, 1.82) is 0 Å². The number of carbonyl (C=O) groups excluding carboxylic acids is 1. The molecule has 5 nitrogen and oxygen atoms in total. The van der Waals surface area contributed by atoms with E-state index in [-0.39, 0.29) is 23.4 Å². The fraction of sp³-hybridized carbons (Fsp3) is 0.261. The van der Waals surface area contributed by atoms with E-state index in [1.54, 1.807) is 18.2 Å². The molecule has 0 saturated heterocycles. The minimum atomic E-state index is -3.77. The maximum absolute atomic E-state index is 12.9. The lowest BCUT2D eigenvalue weighted by Gasteiger charge is -2.21. The number of aryl methyl sites for hydroxylation is 1. The van der Waals surface area contributed by atoms with Gasteiger partial charge in [-0.2, -0.15) is 4.31 Å². The first-order valence-corrected chi connectivity index (χ1v) is 11.1. The van der Waals surface area contributed by atoms with Crippen molar-refractivity contribution in [3.8, 4) is 0 Å². The Labute approximate surface area is 172 Å². The molecule has 3 aromatic rings. The van der Waals surface area contributed by atoms with Crippen molar-refractivity contribution >= 4 is 26.7 Å². The van der Waals surface area contributed by atoms with Gasteiger partial charge in [0.25, 0.3) is 0 Å². The lowest BCUT2D eigenvalue weighted by molar-refractivity contribution is -0.121. The smallest absolute Gasteiger partial charge is 0.243 e. The maximum Gasteiger partial charge on any atom is 0.243 e. The SMILES string of the molecule is CC[C@H](NC(=O)CN(C)S(=O)(=O)c1ccc2ccccc2c1)c1ccc(C)cc1. The normalized spacial score (nSPS) is 12.8. The van der Waals surface area contributed by atoms with Crippen LogP contribution in [0.2, 0.25) is 0 Å². The third kappa shape index (κ3) is 4.83. The molecular weight excluding hydrogens is 384 g/mol. The zero-order chi connectivity index (χ0) is 21.0. The molecule has 0 saturated carbocycles. The first kappa shape index (κ1) is 21.0. The predicted octanol–water partition coefficient (Wildman–Crippen LogP) is 4.04. The molecule has 0 bridgehead atoms. The second kappa shape index (κ2) is 8.76.